The zero-order valence-electron chi connectivity index (χ0n) is 14.7. The molecule has 3 aromatic rings. The Hall–Kier alpha value is -2.80. The van der Waals surface area contributed by atoms with Gasteiger partial charge in [-0.25, -0.2) is 19.1 Å². The summed E-state index contributed by atoms with van der Waals surface area (Å²) in [6.45, 7) is 5.74. The molecule has 7 nitrogen and oxygen atoms in total. The molecule has 2 aromatic heterocycles. The zero-order chi connectivity index (χ0) is 19.1. The Kier molecular flexibility index (Phi) is 4.50. The van der Waals surface area contributed by atoms with Crippen LogP contribution in [0.3, 0.4) is 0 Å². The summed E-state index contributed by atoms with van der Waals surface area (Å²) in [5.74, 6) is 0. The molecule has 0 radical (unpaired) electrons. The molecule has 0 atom stereocenters. The first-order chi connectivity index (χ1) is 12.2. The summed E-state index contributed by atoms with van der Waals surface area (Å²) < 4.78 is 1.41. The number of carboxylic acid groups (broad SMARTS) is 1. The van der Waals surface area contributed by atoms with Gasteiger partial charge in [0.1, 0.15) is 0 Å². The van der Waals surface area contributed by atoms with Gasteiger partial charge in [-0.3, -0.25) is 4.90 Å². The van der Waals surface area contributed by atoms with Crippen LogP contribution < -0.4 is 5.69 Å². The smallest absolute Gasteiger partial charge is 0.408 e. The fraction of sp³-hybridized carbons (Fsp3) is 0.278. The van der Waals surface area contributed by atoms with Crippen LogP contribution in [0.2, 0.25) is 5.02 Å². The number of nitrogens with one attached hydrogen (secondary N) is 1. The molecule has 8 heteroatoms. The monoisotopic (exact) mass is 374 g/mol. The minimum atomic E-state index is -0.986. The molecule has 0 aliphatic carbocycles. The third-order valence-corrected chi connectivity index (χ3v) is 4.37. The Labute approximate surface area is 154 Å². The van der Waals surface area contributed by atoms with Crippen LogP contribution in [-0.4, -0.2) is 42.8 Å². The molecule has 2 N–H and O–H groups in total. The molecular weight excluding hydrogens is 356 g/mol. The number of aromatic amines is 1. The Morgan fingerprint density at radius 1 is 1.38 bits per heavy atom. The van der Waals surface area contributed by atoms with Crippen molar-refractivity contribution in [2.75, 3.05) is 6.54 Å². The Morgan fingerprint density at radius 2 is 2.12 bits per heavy atom. The fourth-order valence-corrected chi connectivity index (χ4v) is 3.01. The lowest BCUT2D eigenvalue weighted by Crippen LogP contribution is -2.44. The van der Waals surface area contributed by atoms with E-state index >= 15 is 0 Å². The molecule has 2 heterocycles. The second kappa shape index (κ2) is 6.49. The number of fused-ring (bicyclic) bond motifs is 3. The van der Waals surface area contributed by atoms with Crippen molar-refractivity contribution in [3.63, 3.8) is 0 Å². The van der Waals surface area contributed by atoms with E-state index in [4.69, 9.17) is 11.6 Å². The van der Waals surface area contributed by atoms with Crippen molar-refractivity contribution in [1.82, 2.24) is 19.5 Å². The second-order valence-electron chi connectivity index (χ2n) is 6.96. The summed E-state index contributed by atoms with van der Waals surface area (Å²) in [4.78, 5) is 24.7. The maximum absolute atomic E-state index is 12.0. The first-order valence-corrected chi connectivity index (χ1v) is 8.42. The summed E-state index contributed by atoms with van der Waals surface area (Å²) in [5.41, 5.74) is 0.397. The number of H-pyrrole nitrogens is 1. The average Bonchev–Trinajstić information content (AvgIpc) is 2.91. The molecule has 0 fully saturated rings. The van der Waals surface area contributed by atoms with Gasteiger partial charge in [-0.1, -0.05) is 29.8 Å². The molecular formula is C18H19ClN4O3. The van der Waals surface area contributed by atoms with Gasteiger partial charge in [-0.05, 0) is 43.9 Å². The number of halogens is 1. The minimum Gasteiger partial charge on any atom is -0.465 e. The van der Waals surface area contributed by atoms with E-state index in [-0.39, 0.29) is 12.2 Å². The van der Waals surface area contributed by atoms with E-state index in [0.717, 1.165) is 16.3 Å². The van der Waals surface area contributed by atoms with E-state index in [1.165, 1.54) is 9.30 Å². The predicted molar refractivity (Wildman–Crippen MR) is 102 cm³/mol. The SMILES string of the molecule is CC(C)(C)N(CC=Cc1cn2c(=O)[nH]nc2c2cc(Cl)ccc12)C(=O)O. The van der Waals surface area contributed by atoms with Crippen LogP contribution in [0.25, 0.3) is 22.5 Å². The van der Waals surface area contributed by atoms with Crippen LogP contribution in [0.5, 0.6) is 0 Å². The van der Waals surface area contributed by atoms with Crippen molar-refractivity contribution < 1.29 is 9.90 Å². The highest BCUT2D eigenvalue weighted by molar-refractivity contribution is 6.31. The molecule has 26 heavy (non-hydrogen) atoms. The first kappa shape index (κ1) is 18.0. The van der Waals surface area contributed by atoms with Crippen molar-refractivity contribution in [3.8, 4) is 0 Å². The molecule has 0 saturated carbocycles. The van der Waals surface area contributed by atoms with Crippen molar-refractivity contribution in [2.24, 2.45) is 0 Å². The number of hydrogen-bond donors (Lipinski definition) is 2. The van der Waals surface area contributed by atoms with Crippen LogP contribution in [0.4, 0.5) is 4.79 Å². The van der Waals surface area contributed by atoms with E-state index < -0.39 is 11.6 Å². The number of carbonyl (C=O) groups is 1. The number of hydrogen-bond acceptors (Lipinski definition) is 3. The molecule has 1 amide bonds. The van der Waals surface area contributed by atoms with Crippen LogP contribution in [0, 0.1) is 0 Å². The standard InChI is InChI=1S/C18H19ClN4O3/c1-18(2,3)23(17(25)26)8-4-5-11-10-22-15(20-21-16(22)24)14-9-12(19)6-7-13(11)14/h4-7,9-10H,8H2,1-3H3,(H,21,24)(H,25,26). The van der Waals surface area contributed by atoms with E-state index in [9.17, 15) is 14.7 Å². The van der Waals surface area contributed by atoms with Crippen LogP contribution in [-0.2, 0) is 0 Å². The quantitative estimate of drug-likeness (QED) is 0.732. The van der Waals surface area contributed by atoms with Gasteiger partial charge in [-0.15, -0.1) is 0 Å². The highest BCUT2D eigenvalue weighted by atomic mass is 35.5. The molecule has 0 aliphatic heterocycles. The lowest BCUT2D eigenvalue weighted by molar-refractivity contribution is 0.108. The first-order valence-electron chi connectivity index (χ1n) is 8.04. The maximum atomic E-state index is 12.0. The molecule has 0 spiro atoms. The average molecular weight is 375 g/mol. The number of amides is 1. The molecule has 0 saturated heterocycles. The molecule has 136 valence electrons. The molecule has 1 aromatic carbocycles. The third-order valence-electron chi connectivity index (χ3n) is 4.13. The summed E-state index contributed by atoms with van der Waals surface area (Å²) in [6, 6.07) is 5.37. The maximum Gasteiger partial charge on any atom is 0.408 e. The van der Waals surface area contributed by atoms with Gasteiger partial charge in [0.05, 0.1) is 0 Å². The third kappa shape index (κ3) is 3.30. The number of benzene rings is 1. The largest absolute Gasteiger partial charge is 0.465 e. The lowest BCUT2D eigenvalue weighted by atomic mass is 10.1. The van der Waals surface area contributed by atoms with Crippen LogP contribution in [0.1, 0.15) is 26.3 Å². The van der Waals surface area contributed by atoms with Gasteiger partial charge >= 0.3 is 11.8 Å². The normalized spacial score (nSPS) is 12.3. The van der Waals surface area contributed by atoms with E-state index in [1.54, 1.807) is 30.5 Å². The van der Waals surface area contributed by atoms with Crippen LogP contribution >= 0.6 is 11.6 Å². The summed E-state index contributed by atoms with van der Waals surface area (Å²) in [5, 5.41) is 18.0. The summed E-state index contributed by atoms with van der Waals surface area (Å²) in [7, 11) is 0. The number of aromatic nitrogens is 3. The summed E-state index contributed by atoms with van der Waals surface area (Å²) in [6.07, 6.45) is 4.26. The Bertz CT molecular complexity index is 1080. The number of rotatable bonds is 3. The van der Waals surface area contributed by atoms with E-state index in [1.807, 2.05) is 26.8 Å². The predicted octanol–water partition coefficient (Wildman–Crippen LogP) is 3.62. The number of pyridine rings is 1. The van der Waals surface area contributed by atoms with Gasteiger partial charge < -0.3 is 5.11 Å². The second-order valence-corrected chi connectivity index (χ2v) is 7.40. The minimum absolute atomic E-state index is 0.228. The summed E-state index contributed by atoms with van der Waals surface area (Å²) >= 11 is 6.09. The zero-order valence-corrected chi connectivity index (χ0v) is 15.4. The van der Waals surface area contributed by atoms with Crippen molar-refractivity contribution >= 4 is 40.2 Å². The van der Waals surface area contributed by atoms with Crippen LogP contribution in [0.15, 0.2) is 35.3 Å². The van der Waals surface area contributed by atoms with Gasteiger partial charge in [0.2, 0.25) is 0 Å². The fourth-order valence-electron chi connectivity index (χ4n) is 2.83. The molecule has 3 rings (SSSR count). The highest BCUT2D eigenvalue weighted by Crippen LogP contribution is 2.26. The number of nitrogens with zero attached hydrogens (tertiary/aromatic N) is 3. The lowest BCUT2D eigenvalue weighted by Gasteiger charge is -2.32. The van der Waals surface area contributed by atoms with Gasteiger partial charge in [0, 0.05) is 28.7 Å². The van der Waals surface area contributed by atoms with E-state index in [0.29, 0.717) is 10.7 Å². The van der Waals surface area contributed by atoms with Gasteiger partial charge in [-0.2, -0.15) is 5.10 Å². The molecule has 0 bridgehead atoms. The highest BCUT2D eigenvalue weighted by Gasteiger charge is 2.24. The Balaban J connectivity index is 2.08. The molecule has 0 unspecified atom stereocenters. The topological polar surface area (TPSA) is 90.7 Å². The van der Waals surface area contributed by atoms with Crippen molar-refractivity contribution in [1.29, 1.82) is 0 Å². The van der Waals surface area contributed by atoms with E-state index in [2.05, 4.69) is 10.2 Å². The van der Waals surface area contributed by atoms with Crippen molar-refractivity contribution in [3.05, 3.63) is 51.5 Å². The van der Waals surface area contributed by atoms with Gasteiger partial charge in [0.25, 0.3) is 0 Å². The van der Waals surface area contributed by atoms with Gasteiger partial charge in [0.15, 0.2) is 5.65 Å². The molecule has 0 aliphatic rings. The van der Waals surface area contributed by atoms with Crippen molar-refractivity contribution in [2.45, 2.75) is 26.3 Å². The Morgan fingerprint density at radius 3 is 2.77 bits per heavy atom.